The fourth-order valence-corrected chi connectivity index (χ4v) is 2.96. The van der Waals surface area contributed by atoms with Crippen LogP contribution in [0.1, 0.15) is 42.8 Å². The molecule has 0 atom stereocenters. The summed E-state index contributed by atoms with van der Waals surface area (Å²) >= 11 is 0. The monoisotopic (exact) mass is 285 g/mol. The quantitative estimate of drug-likeness (QED) is 0.809. The largest absolute Gasteiger partial charge is 0.330 e. The summed E-state index contributed by atoms with van der Waals surface area (Å²) in [5, 5.41) is 4.81. The number of aryl methyl sites for hydroxylation is 3. The first-order valence-electron chi connectivity index (χ1n) is 8.11. The Balaban J connectivity index is 2.05. The van der Waals surface area contributed by atoms with E-state index in [4.69, 9.17) is 10.8 Å². The third kappa shape index (κ3) is 3.94. The van der Waals surface area contributed by atoms with E-state index in [1.807, 2.05) is 0 Å². The smallest absolute Gasteiger partial charge is 0.0657 e. The van der Waals surface area contributed by atoms with Crippen LogP contribution in [0.5, 0.6) is 0 Å². The summed E-state index contributed by atoms with van der Waals surface area (Å²) in [6.45, 7) is 6.09. The molecule has 0 bridgehead atoms. The summed E-state index contributed by atoms with van der Waals surface area (Å²) in [6.07, 6.45) is 5.22. The molecule has 0 aliphatic carbocycles. The Labute approximate surface area is 128 Å². The SMILES string of the molecule is CCc1nn(CCCc2ccccc2)c(CC)c1CCN. The normalized spacial score (nSPS) is 11.0. The second-order valence-electron chi connectivity index (χ2n) is 5.43. The predicted molar refractivity (Wildman–Crippen MR) is 88.5 cm³/mol. The summed E-state index contributed by atoms with van der Waals surface area (Å²) in [6, 6.07) is 10.7. The number of nitrogens with zero attached hydrogens (tertiary/aromatic N) is 2. The van der Waals surface area contributed by atoms with Gasteiger partial charge in [0, 0.05) is 12.2 Å². The highest BCUT2D eigenvalue weighted by Gasteiger charge is 2.14. The molecule has 3 heteroatoms. The lowest BCUT2D eigenvalue weighted by molar-refractivity contribution is 0.551. The Kier molecular flexibility index (Phi) is 6.00. The topological polar surface area (TPSA) is 43.8 Å². The Morgan fingerprint density at radius 3 is 2.43 bits per heavy atom. The molecule has 2 N–H and O–H groups in total. The molecule has 0 aliphatic heterocycles. The van der Waals surface area contributed by atoms with Gasteiger partial charge in [0.1, 0.15) is 0 Å². The van der Waals surface area contributed by atoms with Crippen molar-refractivity contribution in [2.24, 2.45) is 5.73 Å². The molecule has 21 heavy (non-hydrogen) atoms. The highest BCUT2D eigenvalue weighted by atomic mass is 15.3. The van der Waals surface area contributed by atoms with Gasteiger partial charge in [-0.2, -0.15) is 5.10 Å². The molecule has 3 nitrogen and oxygen atoms in total. The number of hydrogen-bond donors (Lipinski definition) is 1. The molecule has 1 aromatic carbocycles. The second-order valence-corrected chi connectivity index (χ2v) is 5.43. The molecule has 0 saturated heterocycles. The van der Waals surface area contributed by atoms with Crippen LogP contribution in [0.25, 0.3) is 0 Å². The molecule has 0 amide bonds. The van der Waals surface area contributed by atoms with Crippen LogP contribution in [0, 0.1) is 0 Å². The maximum atomic E-state index is 5.76. The molecular formula is C18H27N3. The molecule has 0 saturated carbocycles. The zero-order valence-electron chi connectivity index (χ0n) is 13.3. The Hall–Kier alpha value is -1.61. The van der Waals surface area contributed by atoms with Crippen LogP contribution in [0.15, 0.2) is 30.3 Å². The van der Waals surface area contributed by atoms with E-state index in [-0.39, 0.29) is 0 Å². The van der Waals surface area contributed by atoms with Gasteiger partial charge in [-0.05, 0) is 49.8 Å². The minimum absolute atomic E-state index is 0.704. The third-order valence-corrected chi connectivity index (χ3v) is 3.99. The molecule has 0 aliphatic rings. The Bertz CT molecular complexity index is 543. The minimum Gasteiger partial charge on any atom is -0.330 e. The van der Waals surface area contributed by atoms with Crippen molar-refractivity contribution < 1.29 is 0 Å². The standard InChI is InChI=1S/C18H27N3/c1-3-17-16(12-13-19)18(4-2)21(20-17)14-8-11-15-9-6-5-7-10-15/h5-7,9-10H,3-4,8,11-14,19H2,1-2H3. The molecule has 1 aromatic heterocycles. The number of nitrogens with two attached hydrogens (primary N) is 1. The third-order valence-electron chi connectivity index (χ3n) is 3.99. The molecule has 0 unspecified atom stereocenters. The summed E-state index contributed by atoms with van der Waals surface area (Å²) < 4.78 is 2.22. The lowest BCUT2D eigenvalue weighted by Gasteiger charge is -2.08. The fourth-order valence-electron chi connectivity index (χ4n) is 2.96. The highest BCUT2D eigenvalue weighted by molar-refractivity contribution is 5.27. The van der Waals surface area contributed by atoms with Crippen LogP contribution in [-0.2, 0) is 32.2 Å². The van der Waals surface area contributed by atoms with Gasteiger partial charge in [0.25, 0.3) is 0 Å². The zero-order valence-corrected chi connectivity index (χ0v) is 13.3. The summed E-state index contributed by atoms with van der Waals surface area (Å²) in [5.41, 5.74) is 11.2. The van der Waals surface area contributed by atoms with Gasteiger partial charge in [0.15, 0.2) is 0 Å². The Morgan fingerprint density at radius 2 is 1.81 bits per heavy atom. The molecule has 2 rings (SSSR count). The molecule has 2 aromatic rings. The van der Waals surface area contributed by atoms with Crippen molar-refractivity contribution in [2.75, 3.05) is 6.54 Å². The van der Waals surface area contributed by atoms with Gasteiger partial charge in [-0.25, -0.2) is 0 Å². The minimum atomic E-state index is 0.704. The van der Waals surface area contributed by atoms with Crippen molar-refractivity contribution in [1.82, 2.24) is 9.78 Å². The molecule has 1 heterocycles. The van der Waals surface area contributed by atoms with Crippen molar-refractivity contribution in [2.45, 2.75) is 52.5 Å². The molecule has 0 fully saturated rings. The van der Waals surface area contributed by atoms with Gasteiger partial charge in [0.05, 0.1) is 5.69 Å². The van der Waals surface area contributed by atoms with Gasteiger partial charge in [-0.3, -0.25) is 4.68 Å². The lowest BCUT2D eigenvalue weighted by Crippen LogP contribution is -2.09. The Morgan fingerprint density at radius 1 is 1.05 bits per heavy atom. The van der Waals surface area contributed by atoms with Gasteiger partial charge < -0.3 is 5.73 Å². The van der Waals surface area contributed by atoms with E-state index in [0.717, 1.165) is 38.6 Å². The summed E-state index contributed by atoms with van der Waals surface area (Å²) in [4.78, 5) is 0. The van der Waals surface area contributed by atoms with Crippen molar-refractivity contribution in [3.8, 4) is 0 Å². The fraction of sp³-hybridized carbons (Fsp3) is 0.500. The highest BCUT2D eigenvalue weighted by Crippen LogP contribution is 2.17. The number of aromatic nitrogens is 2. The number of hydrogen-bond acceptors (Lipinski definition) is 2. The lowest BCUT2D eigenvalue weighted by atomic mass is 10.1. The van der Waals surface area contributed by atoms with E-state index in [1.54, 1.807) is 0 Å². The summed E-state index contributed by atoms with van der Waals surface area (Å²) in [7, 11) is 0. The van der Waals surface area contributed by atoms with Crippen LogP contribution in [0.4, 0.5) is 0 Å². The van der Waals surface area contributed by atoms with E-state index in [2.05, 4.69) is 48.9 Å². The van der Waals surface area contributed by atoms with E-state index in [0.29, 0.717) is 6.54 Å². The maximum absolute atomic E-state index is 5.76. The molecule has 0 radical (unpaired) electrons. The molecule has 0 spiro atoms. The number of rotatable bonds is 8. The van der Waals surface area contributed by atoms with Gasteiger partial charge in [-0.15, -0.1) is 0 Å². The number of benzene rings is 1. The molecule has 114 valence electrons. The predicted octanol–water partition coefficient (Wildman–Crippen LogP) is 3.14. The first-order valence-corrected chi connectivity index (χ1v) is 8.11. The van der Waals surface area contributed by atoms with Crippen molar-refractivity contribution in [1.29, 1.82) is 0 Å². The van der Waals surface area contributed by atoms with Crippen molar-refractivity contribution in [3.63, 3.8) is 0 Å². The van der Waals surface area contributed by atoms with Gasteiger partial charge in [0.2, 0.25) is 0 Å². The maximum Gasteiger partial charge on any atom is 0.0657 e. The van der Waals surface area contributed by atoms with Crippen LogP contribution in [-0.4, -0.2) is 16.3 Å². The molecular weight excluding hydrogens is 258 g/mol. The van der Waals surface area contributed by atoms with Crippen molar-refractivity contribution >= 4 is 0 Å². The van der Waals surface area contributed by atoms with Crippen LogP contribution >= 0.6 is 0 Å². The van der Waals surface area contributed by atoms with Crippen molar-refractivity contribution in [3.05, 3.63) is 52.8 Å². The van der Waals surface area contributed by atoms with Crippen LogP contribution in [0.2, 0.25) is 0 Å². The van der Waals surface area contributed by atoms with Gasteiger partial charge >= 0.3 is 0 Å². The van der Waals surface area contributed by atoms with E-state index >= 15 is 0 Å². The first kappa shape index (κ1) is 15.8. The summed E-state index contributed by atoms with van der Waals surface area (Å²) in [5.74, 6) is 0. The van der Waals surface area contributed by atoms with E-state index in [1.165, 1.54) is 22.5 Å². The van der Waals surface area contributed by atoms with Gasteiger partial charge in [-0.1, -0.05) is 44.2 Å². The average molecular weight is 285 g/mol. The van der Waals surface area contributed by atoms with E-state index < -0.39 is 0 Å². The van der Waals surface area contributed by atoms with E-state index in [9.17, 15) is 0 Å². The first-order chi connectivity index (χ1) is 10.3. The van der Waals surface area contributed by atoms with Crippen LogP contribution < -0.4 is 5.73 Å². The zero-order chi connectivity index (χ0) is 15.1. The average Bonchev–Trinajstić information content (AvgIpc) is 2.86. The second kappa shape index (κ2) is 7.99. The van der Waals surface area contributed by atoms with Crippen LogP contribution in [0.3, 0.4) is 0 Å².